The highest BCUT2D eigenvalue weighted by Crippen LogP contribution is 2.16. The van der Waals surface area contributed by atoms with Crippen LogP contribution in [0.15, 0.2) is 18.2 Å². The van der Waals surface area contributed by atoms with E-state index in [2.05, 4.69) is 4.90 Å². The molecule has 1 fully saturated rings. The van der Waals surface area contributed by atoms with Crippen LogP contribution in [0.1, 0.15) is 16.2 Å². The lowest BCUT2D eigenvalue weighted by Crippen LogP contribution is -2.47. The summed E-state index contributed by atoms with van der Waals surface area (Å²) in [7, 11) is 2.05. The van der Waals surface area contributed by atoms with Crippen LogP contribution in [0.4, 0.5) is 0 Å². The zero-order valence-electron chi connectivity index (χ0n) is 13.1. The summed E-state index contributed by atoms with van der Waals surface area (Å²) in [6.45, 7) is 5.45. The number of carbonyl (C=O) groups excluding carboxylic acids is 2. The molecule has 0 N–H and O–H groups in total. The van der Waals surface area contributed by atoms with Crippen molar-refractivity contribution in [3.63, 3.8) is 0 Å². The molecule has 1 aromatic rings. The van der Waals surface area contributed by atoms with Gasteiger partial charge in [-0.15, -0.1) is 11.3 Å². The van der Waals surface area contributed by atoms with Gasteiger partial charge in [0, 0.05) is 42.0 Å². The van der Waals surface area contributed by atoms with Crippen LogP contribution in [-0.4, -0.2) is 61.5 Å². The Kier molecular flexibility index (Phi) is 6.15. The Balaban J connectivity index is 1.66. The van der Waals surface area contributed by atoms with Crippen molar-refractivity contribution < 1.29 is 14.3 Å². The molecule has 1 amide bonds. The van der Waals surface area contributed by atoms with E-state index in [1.165, 1.54) is 11.0 Å². The van der Waals surface area contributed by atoms with Crippen molar-refractivity contribution in [3.8, 4) is 0 Å². The van der Waals surface area contributed by atoms with E-state index in [-0.39, 0.29) is 18.9 Å². The maximum absolute atomic E-state index is 12.0. The predicted molar refractivity (Wildman–Crippen MR) is 87.7 cm³/mol. The van der Waals surface area contributed by atoms with Crippen LogP contribution >= 0.6 is 11.3 Å². The van der Waals surface area contributed by atoms with E-state index in [1.807, 2.05) is 31.0 Å². The van der Waals surface area contributed by atoms with Crippen molar-refractivity contribution in [2.75, 3.05) is 39.8 Å². The number of amides is 1. The average Bonchev–Trinajstić information content (AvgIpc) is 2.91. The summed E-state index contributed by atoms with van der Waals surface area (Å²) in [5.41, 5.74) is 0. The van der Waals surface area contributed by atoms with Crippen molar-refractivity contribution in [1.29, 1.82) is 0 Å². The molecule has 0 radical (unpaired) electrons. The lowest BCUT2D eigenvalue weighted by molar-refractivity contribution is -0.140. The van der Waals surface area contributed by atoms with Gasteiger partial charge in [0.1, 0.15) is 6.61 Å². The van der Waals surface area contributed by atoms with Gasteiger partial charge in [0.25, 0.3) is 0 Å². The molecule has 120 valence electrons. The summed E-state index contributed by atoms with van der Waals surface area (Å²) >= 11 is 1.62. The molecule has 0 atom stereocenters. The fourth-order valence-electron chi connectivity index (χ4n) is 2.19. The Morgan fingerprint density at radius 1 is 1.27 bits per heavy atom. The molecular weight excluding hydrogens is 300 g/mol. The number of ether oxygens (including phenoxy) is 1. The van der Waals surface area contributed by atoms with Crippen LogP contribution in [0.25, 0.3) is 6.08 Å². The molecule has 1 aromatic heterocycles. The highest BCUT2D eigenvalue weighted by molar-refractivity contribution is 7.12. The Bertz CT molecular complexity index is 545. The molecule has 22 heavy (non-hydrogen) atoms. The number of esters is 1. The fraction of sp³-hybridized carbons (Fsp3) is 0.500. The molecule has 0 aliphatic carbocycles. The Morgan fingerprint density at radius 2 is 2.00 bits per heavy atom. The van der Waals surface area contributed by atoms with E-state index >= 15 is 0 Å². The third-order valence-electron chi connectivity index (χ3n) is 3.56. The van der Waals surface area contributed by atoms with Crippen LogP contribution in [0, 0.1) is 6.92 Å². The molecule has 0 bridgehead atoms. The molecular formula is C16H22N2O3S. The molecule has 0 aromatic carbocycles. The molecule has 0 spiro atoms. The predicted octanol–water partition coefficient (Wildman–Crippen LogP) is 1.78. The second kappa shape index (κ2) is 8.10. The largest absolute Gasteiger partial charge is 0.462 e. The first-order valence-corrected chi connectivity index (χ1v) is 8.24. The van der Waals surface area contributed by atoms with Crippen molar-refractivity contribution in [2.24, 2.45) is 0 Å². The van der Waals surface area contributed by atoms with Crippen LogP contribution in [0.2, 0.25) is 0 Å². The quantitative estimate of drug-likeness (QED) is 0.612. The monoisotopic (exact) mass is 322 g/mol. The van der Waals surface area contributed by atoms with Gasteiger partial charge in [0.15, 0.2) is 0 Å². The van der Waals surface area contributed by atoms with Crippen molar-refractivity contribution in [3.05, 3.63) is 28.0 Å². The van der Waals surface area contributed by atoms with Gasteiger partial charge in [-0.2, -0.15) is 0 Å². The van der Waals surface area contributed by atoms with Gasteiger partial charge < -0.3 is 14.5 Å². The Morgan fingerprint density at radius 3 is 2.64 bits per heavy atom. The highest BCUT2D eigenvalue weighted by Gasteiger charge is 2.18. The number of hydrogen-bond donors (Lipinski definition) is 0. The van der Waals surface area contributed by atoms with Crippen LogP contribution in [0.5, 0.6) is 0 Å². The average molecular weight is 322 g/mol. The summed E-state index contributed by atoms with van der Waals surface area (Å²) in [6.07, 6.45) is 3.40. The van der Waals surface area contributed by atoms with E-state index in [9.17, 15) is 9.59 Å². The summed E-state index contributed by atoms with van der Waals surface area (Å²) in [5, 5.41) is 0. The van der Waals surface area contributed by atoms with Crippen LogP contribution in [-0.2, 0) is 14.3 Å². The normalized spacial score (nSPS) is 16.2. The van der Waals surface area contributed by atoms with Crippen molar-refractivity contribution >= 4 is 29.3 Å². The number of piperazine rings is 1. The number of aryl methyl sites for hydroxylation is 1. The number of carbonyl (C=O) groups is 2. The minimum Gasteiger partial charge on any atom is -0.462 e. The van der Waals surface area contributed by atoms with Crippen LogP contribution < -0.4 is 0 Å². The summed E-state index contributed by atoms with van der Waals surface area (Å²) in [5.74, 6) is -0.351. The number of nitrogens with zero attached hydrogens (tertiary/aromatic N) is 2. The van der Waals surface area contributed by atoms with Gasteiger partial charge in [-0.1, -0.05) is 0 Å². The molecule has 1 saturated heterocycles. The van der Waals surface area contributed by atoms with Gasteiger partial charge in [0.2, 0.25) is 5.91 Å². The molecule has 2 rings (SSSR count). The van der Waals surface area contributed by atoms with Crippen molar-refractivity contribution in [1.82, 2.24) is 9.80 Å². The topological polar surface area (TPSA) is 49.9 Å². The van der Waals surface area contributed by atoms with E-state index in [0.29, 0.717) is 0 Å². The van der Waals surface area contributed by atoms with Gasteiger partial charge in [-0.05, 0) is 32.2 Å². The number of likely N-dealkylation sites (N-methyl/N-ethyl adjacent to an activating group) is 1. The molecule has 0 unspecified atom stereocenters. The fourth-order valence-corrected chi connectivity index (χ4v) is 2.97. The minimum absolute atomic E-state index is 0.0544. The maximum Gasteiger partial charge on any atom is 0.330 e. The highest BCUT2D eigenvalue weighted by atomic mass is 32.1. The van der Waals surface area contributed by atoms with E-state index in [1.54, 1.807) is 17.4 Å². The lowest BCUT2D eigenvalue weighted by Gasteiger charge is -2.32. The third-order valence-corrected chi connectivity index (χ3v) is 4.53. The number of rotatable bonds is 5. The van der Waals surface area contributed by atoms with Gasteiger partial charge in [-0.3, -0.25) is 4.79 Å². The van der Waals surface area contributed by atoms with Gasteiger partial charge >= 0.3 is 5.97 Å². The molecule has 2 heterocycles. The first kappa shape index (κ1) is 16.7. The molecule has 5 nitrogen and oxygen atoms in total. The molecule has 1 aliphatic heterocycles. The molecule has 6 heteroatoms. The first-order chi connectivity index (χ1) is 10.5. The molecule has 1 aliphatic rings. The first-order valence-electron chi connectivity index (χ1n) is 7.42. The van der Waals surface area contributed by atoms with E-state index in [0.717, 1.165) is 31.1 Å². The Hall–Kier alpha value is -1.66. The van der Waals surface area contributed by atoms with Crippen LogP contribution in [0.3, 0.4) is 0 Å². The second-order valence-corrected chi connectivity index (χ2v) is 6.70. The smallest absolute Gasteiger partial charge is 0.330 e. The second-order valence-electron chi connectivity index (χ2n) is 5.38. The summed E-state index contributed by atoms with van der Waals surface area (Å²) < 4.78 is 5.07. The maximum atomic E-state index is 12.0. The summed E-state index contributed by atoms with van der Waals surface area (Å²) in [6, 6.07) is 3.96. The standard InChI is InChI=1S/C16H22N2O3S/c1-13-3-4-14(22-13)5-6-16(20)21-12-7-15(19)18-10-8-17(2)9-11-18/h3-6H,7-12H2,1-2H3/b6-5+. The van der Waals surface area contributed by atoms with Gasteiger partial charge in [-0.25, -0.2) is 4.79 Å². The van der Waals surface area contributed by atoms with Gasteiger partial charge in [0.05, 0.1) is 6.42 Å². The van der Waals surface area contributed by atoms with E-state index < -0.39 is 5.97 Å². The number of hydrogen-bond acceptors (Lipinski definition) is 5. The van der Waals surface area contributed by atoms with E-state index in [4.69, 9.17) is 4.74 Å². The zero-order chi connectivity index (χ0) is 15.9. The van der Waals surface area contributed by atoms with Crippen molar-refractivity contribution in [2.45, 2.75) is 13.3 Å². The zero-order valence-corrected chi connectivity index (χ0v) is 13.9. The minimum atomic E-state index is -0.405. The lowest BCUT2D eigenvalue weighted by atomic mass is 10.3. The third kappa shape index (κ3) is 5.27. The summed E-state index contributed by atoms with van der Waals surface area (Å²) in [4.78, 5) is 29.8. The molecule has 0 saturated carbocycles. The number of thiophene rings is 1. The SMILES string of the molecule is Cc1ccc(/C=C/C(=O)OCCC(=O)N2CCN(C)CC2)s1. The Labute approximate surface area is 135 Å².